The van der Waals surface area contributed by atoms with Crippen LogP contribution in [-0.2, 0) is 17.8 Å². The normalized spacial score (nSPS) is 18.9. The first-order valence-electron chi connectivity index (χ1n) is 11.4. The van der Waals surface area contributed by atoms with E-state index >= 15 is 0 Å². The fraction of sp³-hybridized carbons (Fsp3) is 0.520. The summed E-state index contributed by atoms with van der Waals surface area (Å²) >= 11 is 0. The van der Waals surface area contributed by atoms with Crippen molar-refractivity contribution in [1.82, 2.24) is 19.8 Å². The largest absolute Gasteiger partial charge is 0.342 e. The zero-order valence-electron chi connectivity index (χ0n) is 19.4. The number of nitrogens with zero attached hydrogens (tertiary/aromatic N) is 3. The Morgan fingerprint density at radius 3 is 2.50 bits per heavy atom. The van der Waals surface area contributed by atoms with E-state index in [4.69, 9.17) is 4.98 Å². The molecule has 0 spiro atoms. The fourth-order valence-electron chi connectivity index (χ4n) is 4.55. The molecule has 1 aromatic heterocycles. The molecule has 2 aliphatic rings. The first-order valence-corrected chi connectivity index (χ1v) is 11.4. The van der Waals surface area contributed by atoms with Crippen molar-refractivity contribution in [3.8, 4) is 0 Å². The van der Waals surface area contributed by atoms with E-state index in [-0.39, 0.29) is 29.8 Å². The van der Waals surface area contributed by atoms with E-state index < -0.39 is 5.41 Å². The maximum absolute atomic E-state index is 12.9. The summed E-state index contributed by atoms with van der Waals surface area (Å²) in [6.07, 6.45) is 2.35. The van der Waals surface area contributed by atoms with Crippen LogP contribution >= 0.6 is 0 Å². The van der Waals surface area contributed by atoms with Crippen molar-refractivity contribution in [2.75, 3.05) is 19.6 Å². The Bertz CT molecular complexity index is 1080. The second-order valence-electron chi connectivity index (χ2n) is 10.1. The standard InChI is InChI=1S/C25H32N4O3/c1-16-7-9-17(10-8-16)23(31)28-13-11-20-19(15-28)22(30)27-21(26-20)18-6-5-12-29(14-18)24(32)25(2,3)4/h7-10,18H,5-6,11-15H2,1-4H3,(H,26,27,30). The molecule has 0 radical (unpaired) electrons. The highest BCUT2D eigenvalue weighted by atomic mass is 16.2. The third-order valence-electron chi connectivity index (χ3n) is 6.41. The third-order valence-corrected chi connectivity index (χ3v) is 6.41. The number of carbonyl (C=O) groups is 2. The lowest BCUT2D eigenvalue weighted by Gasteiger charge is -2.36. The molecule has 1 unspecified atom stereocenters. The highest BCUT2D eigenvalue weighted by Crippen LogP contribution is 2.28. The van der Waals surface area contributed by atoms with Gasteiger partial charge in [-0.3, -0.25) is 14.4 Å². The van der Waals surface area contributed by atoms with Crippen LogP contribution in [0.25, 0.3) is 0 Å². The average Bonchev–Trinajstić information content (AvgIpc) is 2.78. The predicted octanol–water partition coefficient (Wildman–Crippen LogP) is 3.03. The van der Waals surface area contributed by atoms with Gasteiger partial charge >= 0.3 is 0 Å². The van der Waals surface area contributed by atoms with Crippen LogP contribution in [0.2, 0.25) is 0 Å². The Labute approximate surface area is 188 Å². The topological polar surface area (TPSA) is 86.4 Å². The van der Waals surface area contributed by atoms with Gasteiger partial charge in [-0.1, -0.05) is 38.5 Å². The molecule has 32 heavy (non-hydrogen) atoms. The third kappa shape index (κ3) is 4.47. The van der Waals surface area contributed by atoms with Crippen LogP contribution in [0, 0.1) is 12.3 Å². The minimum absolute atomic E-state index is 0.0280. The second-order valence-corrected chi connectivity index (χ2v) is 10.1. The number of aryl methyl sites for hydroxylation is 1. The second kappa shape index (κ2) is 8.52. The minimum Gasteiger partial charge on any atom is -0.342 e. The fourth-order valence-corrected chi connectivity index (χ4v) is 4.55. The van der Waals surface area contributed by atoms with Gasteiger partial charge < -0.3 is 14.8 Å². The number of hydrogen-bond acceptors (Lipinski definition) is 4. The van der Waals surface area contributed by atoms with Gasteiger partial charge in [0, 0.05) is 43.0 Å². The van der Waals surface area contributed by atoms with Crippen molar-refractivity contribution in [2.24, 2.45) is 5.41 Å². The Balaban J connectivity index is 1.52. The number of H-pyrrole nitrogens is 1. The zero-order valence-corrected chi connectivity index (χ0v) is 19.4. The molecule has 0 bridgehead atoms. The summed E-state index contributed by atoms with van der Waals surface area (Å²) in [6, 6.07) is 7.49. The van der Waals surface area contributed by atoms with Crippen molar-refractivity contribution in [1.29, 1.82) is 0 Å². The van der Waals surface area contributed by atoms with Gasteiger partial charge in [0.1, 0.15) is 5.82 Å². The number of amides is 2. The number of nitrogens with one attached hydrogen (secondary N) is 1. The highest BCUT2D eigenvalue weighted by molar-refractivity contribution is 5.94. The van der Waals surface area contributed by atoms with Crippen molar-refractivity contribution < 1.29 is 9.59 Å². The Kier molecular flexibility index (Phi) is 5.93. The van der Waals surface area contributed by atoms with Gasteiger partial charge in [-0.05, 0) is 31.9 Å². The maximum atomic E-state index is 12.9. The number of fused-ring (bicyclic) bond motifs is 1. The summed E-state index contributed by atoms with van der Waals surface area (Å²) < 4.78 is 0. The molecule has 7 heteroatoms. The molecule has 2 amide bonds. The molecule has 3 heterocycles. The van der Waals surface area contributed by atoms with Crippen molar-refractivity contribution in [2.45, 2.75) is 59.4 Å². The zero-order chi connectivity index (χ0) is 23.0. The number of aromatic nitrogens is 2. The van der Waals surface area contributed by atoms with E-state index in [2.05, 4.69) is 4.98 Å². The highest BCUT2D eigenvalue weighted by Gasteiger charge is 2.33. The molecule has 1 N–H and O–H groups in total. The van der Waals surface area contributed by atoms with E-state index in [1.165, 1.54) is 0 Å². The number of hydrogen-bond donors (Lipinski definition) is 1. The molecule has 2 aromatic rings. The molecule has 1 fully saturated rings. The number of benzene rings is 1. The number of likely N-dealkylation sites (tertiary alicyclic amines) is 1. The predicted molar refractivity (Wildman–Crippen MR) is 122 cm³/mol. The van der Waals surface area contributed by atoms with Crippen molar-refractivity contribution >= 4 is 11.8 Å². The first-order chi connectivity index (χ1) is 15.1. The van der Waals surface area contributed by atoms with Gasteiger partial charge in [-0.15, -0.1) is 0 Å². The average molecular weight is 437 g/mol. The molecule has 0 saturated carbocycles. The van der Waals surface area contributed by atoms with Gasteiger partial charge in [0.05, 0.1) is 17.8 Å². The molecule has 1 saturated heterocycles. The van der Waals surface area contributed by atoms with Crippen LogP contribution in [-0.4, -0.2) is 51.2 Å². The lowest BCUT2D eigenvalue weighted by atomic mass is 9.90. The SMILES string of the molecule is Cc1ccc(C(=O)N2CCc3nc(C4CCCN(C(=O)C(C)(C)C)C4)[nH]c(=O)c3C2)cc1. The first kappa shape index (κ1) is 22.2. The molecular weight excluding hydrogens is 404 g/mol. The summed E-state index contributed by atoms with van der Waals surface area (Å²) in [6.45, 7) is 9.91. The number of aromatic amines is 1. The van der Waals surface area contributed by atoms with E-state index in [9.17, 15) is 14.4 Å². The lowest BCUT2D eigenvalue weighted by molar-refractivity contribution is -0.140. The number of rotatable bonds is 2. The summed E-state index contributed by atoms with van der Waals surface area (Å²) in [5.41, 5.74) is 2.47. The monoisotopic (exact) mass is 436 g/mol. The molecule has 0 aliphatic carbocycles. The molecule has 4 rings (SSSR count). The van der Waals surface area contributed by atoms with Gasteiger partial charge in [-0.2, -0.15) is 0 Å². The number of piperidine rings is 1. The quantitative estimate of drug-likeness (QED) is 0.784. The summed E-state index contributed by atoms with van der Waals surface area (Å²) in [5.74, 6) is 0.759. The van der Waals surface area contributed by atoms with Gasteiger partial charge in [0.25, 0.3) is 11.5 Å². The molecule has 1 aromatic carbocycles. The Morgan fingerprint density at radius 2 is 1.81 bits per heavy atom. The van der Waals surface area contributed by atoms with Crippen molar-refractivity contribution in [3.63, 3.8) is 0 Å². The molecule has 170 valence electrons. The number of carbonyl (C=O) groups excluding carboxylic acids is 2. The smallest absolute Gasteiger partial charge is 0.256 e. The van der Waals surface area contributed by atoms with E-state index in [0.29, 0.717) is 36.5 Å². The summed E-state index contributed by atoms with van der Waals surface area (Å²) in [7, 11) is 0. The van der Waals surface area contributed by atoms with Crippen LogP contribution in [0.4, 0.5) is 0 Å². The molecule has 7 nitrogen and oxygen atoms in total. The van der Waals surface area contributed by atoms with E-state index in [0.717, 1.165) is 30.6 Å². The molecule has 1 atom stereocenters. The minimum atomic E-state index is -0.425. The maximum Gasteiger partial charge on any atom is 0.256 e. The Hall–Kier alpha value is -2.96. The van der Waals surface area contributed by atoms with E-state index in [1.807, 2.05) is 56.9 Å². The van der Waals surface area contributed by atoms with Gasteiger partial charge in [0.2, 0.25) is 5.91 Å². The molecule has 2 aliphatic heterocycles. The van der Waals surface area contributed by atoms with Gasteiger partial charge in [-0.25, -0.2) is 4.98 Å². The van der Waals surface area contributed by atoms with Crippen LogP contribution in [0.5, 0.6) is 0 Å². The summed E-state index contributed by atoms with van der Waals surface area (Å²) in [5, 5.41) is 0. The van der Waals surface area contributed by atoms with Crippen LogP contribution in [0.15, 0.2) is 29.1 Å². The Morgan fingerprint density at radius 1 is 1.09 bits per heavy atom. The van der Waals surface area contributed by atoms with Gasteiger partial charge in [0.15, 0.2) is 0 Å². The van der Waals surface area contributed by atoms with Crippen molar-refractivity contribution in [3.05, 3.63) is 62.8 Å². The summed E-state index contributed by atoms with van der Waals surface area (Å²) in [4.78, 5) is 49.9. The van der Waals surface area contributed by atoms with E-state index in [1.54, 1.807) is 4.90 Å². The van der Waals surface area contributed by atoms with Crippen LogP contribution < -0.4 is 5.56 Å². The van der Waals surface area contributed by atoms with Crippen LogP contribution in [0.1, 0.15) is 72.5 Å². The van der Waals surface area contributed by atoms with Crippen LogP contribution in [0.3, 0.4) is 0 Å². The lowest BCUT2D eigenvalue weighted by Crippen LogP contribution is -2.45. The molecular formula is C25H32N4O3.